The lowest BCUT2D eigenvalue weighted by atomic mass is 10.2. The normalized spacial score (nSPS) is 14.6. The second-order valence-electron chi connectivity index (χ2n) is 7.31. The fraction of sp³-hybridized carbons (Fsp3) is 0.364. The van der Waals surface area contributed by atoms with Gasteiger partial charge in [-0.2, -0.15) is 4.31 Å². The Morgan fingerprint density at radius 2 is 1.84 bits per heavy atom. The number of benzene rings is 2. The highest BCUT2D eigenvalue weighted by molar-refractivity contribution is 7.89. The Labute approximate surface area is 192 Å². The SMILES string of the molecule is COc1cccc(CNC(=O)COC(=O)c2ccc(Cl)c(S(=O)(=O)N3CCCCC3)c2)c1. The molecule has 172 valence electrons. The van der Waals surface area contributed by atoms with Crippen molar-refractivity contribution in [2.45, 2.75) is 30.7 Å². The minimum atomic E-state index is -3.82. The fourth-order valence-corrected chi connectivity index (χ4v) is 5.34. The molecule has 0 aliphatic carbocycles. The van der Waals surface area contributed by atoms with E-state index in [1.807, 2.05) is 6.07 Å². The molecule has 3 rings (SSSR count). The number of hydrogen-bond acceptors (Lipinski definition) is 6. The highest BCUT2D eigenvalue weighted by Crippen LogP contribution is 2.28. The first-order chi connectivity index (χ1) is 15.3. The lowest BCUT2D eigenvalue weighted by molar-refractivity contribution is -0.124. The molecule has 1 saturated heterocycles. The molecule has 8 nitrogen and oxygen atoms in total. The van der Waals surface area contributed by atoms with Crippen LogP contribution in [0.25, 0.3) is 0 Å². The summed E-state index contributed by atoms with van der Waals surface area (Å²) in [5.41, 5.74) is 0.833. The minimum Gasteiger partial charge on any atom is -0.497 e. The maximum Gasteiger partial charge on any atom is 0.338 e. The zero-order valence-corrected chi connectivity index (χ0v) is 19.2. The van der Waals surface area contributed by atoms with Crippen molar-refractivity contribution in [3.8, 4) is 5.75 Å². The third-order valence-corrected chi connectivity index (χ3v) is 7.44. The summed E-state index contributed by atoms with van der Waals surface area (Å²) in [5.74, 6) is -0.634. The first-order valence-electron chi connectivity index (χ1n) is 10.2. The van der Waals surface area contributed by atoms with Crippen LogP contribution in [0.1, 0.15) is 35.2 Å². The van der Waals surface area contributed by atoms with E-state index in [2.05, 4.69) is 5.32 Å². The topological polar surface area (TPSA) is 102 Å². The largest absolute Gasteiger partial charge is 0.497 e. The number of ether oxygens (including phenoxy) is 2. The predicted octanol–water partition coefficient (Wildman–Crippen LogP) is 3.00. The number of piperidine rings is 1. The summed E-state index contributed by atoms with van der Waals surface area (Å²) in [6.07, 6.45) is 2.54. The van der Waals surface area contributed by atoms with E-state index < -0.39 is 28.5 Å². The van der Waals surface area contributed by atoms with E-state index in [1.165, 1.54) is 22.5 Å². The quantitative estimate of drug-likeness (QED) is 0.583. The second-order valence-corrected chi connectivity index (χ2v) is 9.63. The van der Waals surface area contributed by atoms with Crippen LogP contribution in [0.4, 0.5) is 0 Å². The van der Waals surface area contributed by atoms with Gasteiger partial charge in [0.1, 0.15) is 10.6 Å². The van der Waals surface area contributed by atoms with Crippen molar-refractivity contribution in [1.29, 1.82) is 0 Å². The minimum absolute atomic E-state index is 0.00517. The molecular weight excluding hydrogens is 456 g/mol. The third kappa shape index (κ3) is 5.99. The van der Waals surface area contributed by atoms with Crippen LogP contribution in [0, 0.1) is 0 Å². The molecule has 1 aliphatic heterocycles. The summed E-state index contributed by atoms with van der Waals surface area (Å²) < 4.78 is 37.4. The molecule has 2 aromatic rings. The third-order valence-electron chi connectivity index (χ3n) is 5.06. The van der Waals surface area contributed by atoms with Crippen LogP contribution in [0.5, 0.6) is 5.75 Å². The molecule has 1 aliphatic rings. The number of carbonyl (C=O) groups is 2. The molecule has 1 N–H and O–H groups in total. The van der Waals surface area contributed by atoms with Crippen LogP contribution in [-0.4, -0.2) is 51.4 Å². The van der Waals surface area contributed by atoms with Crippen LogP contribution in [0.3, 0.4) is 0 Å². The average Bonchev–Trinajstić information content (AvgIpc) is 2.82. The Morgan fingerprint density at radius 3 is 2.56 bits per heavy atom. The Bertz CT molecular complexity index is 1080. The Kier molecular flexibility index (Phi) is 8.11. The maximum absolute atomic E-state index is 12.9. The Balaban J connectivity index is 1.60. The number of nitrogens with zero attached hydrogens (tertiary/aromatic N) is 1. The zero-order valence-electron chi connectivity index (χ0n) is 17.7. The van der Waals surface area contributed by atoms with Gasteiger partial charge in [-0.05, 0) is 48.7 Å². The molecule has 0 unspecified atom stereocenters. The standard InChI is InChI=1S/C22H25ClN2O6S/c1-30-18-7-5-6-16(12-18)14-24-21(26)15-31-22(27)17-8-9-19(23)20(13-17)32(28,29)25-10-3-2-4-11-25/h5-9,12-13H,2-4,10-11,14-15H2,1H3,(H,24,26). The van der Waals surface area contributed by atoms with Gasteiger partial charge in [0.2, 0.25) is 10.0 Å². The van der Waals surface area contributed by atoms with Crippen LogP contribution in [0.15, 0.2) is 47.4 Å². The first kappa shape index (κ1) is 24.0. The van der Waals surface area contributed by atoms with Crippen LogP contribution < -0.4 is 10.1 Å². The van der Waals surface area contributed by atoms with Crippen LogP contribution in [-0.2, 0) is 26.1 Å². The van der Waals surface area contributed by atoms with Crippen molar-refractivity contribution in [2.75, 3.05) is 26.8 Å². The van der Waals surface area contributed by atoms with Gasteiger partial charge in [-0.15, -0.1) is 0 Å². The van der Waals surface area contributed by atoms with E-state index in [1.54, 1.807) is 25.3 Å². The summed E-state index contributed by atoms with van der Waals surface area (Å²) in [5, 5.41) is 2.68. The summed E-state index contributed by atoms with van der Waals surface area (Å²) in [4.78, 5) is 24.3. The van der Waals surface area contributed by atoms with E-state index in [0.717, 1.165) is 24.8 Å². The molecule has 0 saturated carbocycles. The summed E-state index contributed by atoms with van der Waals surface area (Å²) >= 11 is 6.12. The molecule has 0 aromatic heterocycles. The maximum atomic E-state index is 12.9. The molecule has 1 amide bonds. The number of amides is 1. The lowest BCUT2D eigenvalue weighted by Gasteiger charge is -2.26. The first-order valence-corrected chi connectivity index (χ1v) is 12.0. The van der Waals surface area contributed by atoms with E-state index in [4.69, 9.17) is 21.1 Å². The number of nitrogens with one attached hydrogen (secondary N) is 1. The number of methoxy groups -OCH3 is 1. The molecular formula is C22H25ClN2O6S. The number of sulfonamides is 1. The van der Waals surface area contributed by atoms with Crippen molar-refractivity contribution < 1.29 is 27.5 Å². The molecule has 0 spiro atoms. The van der Waals surface area contributed by atoms with E-state index in [9.17, 15) is 18.0 Å². The predicted molar refractivity (Wildman–Crippen MR) is 119 cm³/mol. The van der Waals surface area contributed by atoms with Gasteiger partial charge in [-0.3, -0.25) is 4.79 Å². The smallest absolute Gasteiger partial charge is 0.338 e. The molecule has 0 atom stereocenters. The summed E-state index contributed by atoms with van der Waals surface area (Å²) in [6.45, 7) is 0.577. The fourth-order valence-electron chi connectivity index (χ4n) is 3.32. The van der Waals surface area contributed by atoms with E-state index in [-0.39, 0.29) is 22.0 Å². The molecule has 10 heteroatoms. The Hall–Kier alpha value is -2.62. The highest BCUT2D eigenvalue weighted by atomic mass is 35.5. The molecule has 2 aromatic carbocycles. The molecule has 1 fully saturated rings. The highest BCUT2D eigenvalue weighted by Gasteiger charge is 2.29. The number of rotatable bonds is 8. The molecule has 32 heavy (non-hydrogen) atoms. The number of carbonyl (C=O) groups excluding carboxylic acids is 2. The summed E-state index contributed by atoms with van der Waals surface area (Å²) in [7, 11) is -2.27. The van der Waals surface area contributed by atoms with Gasteiger partial charge in [-0.25, -0.2) is 13.2 Å². The van der Waals surface area contributed by atoms with Gasteiger partial charge in [0.15, 0.2) is 6.61 Å². The second kappa shape index (κ2) is 10.8. The Morgan fingerprint density at radius 1 is 1.09 bits per heavy atom. The lowest BCUT2D eigenvalue weighted by Crippen LogP contribution is -2.35. The molecule has 0 radical (unpaired) electrons. The monoisotopic (exact) mass is 480 g/mol. The van der Waals surface area contributed by atoms with Crippen molar-refractivity contribution in [3.05, 3.63) is 58.6 Å². The van der Waals surface area contributed by atoms with Crippen molar-refractivity contribution in [1.82, 2.24) is 9.62 Å². The van der Waals surface area contributed by atoms with E-state index >= 15 is 0 Å². The van der Waals surface area contributed by atoms with Crippen LogP contribution >= 0.6 is 11.6 Å². The number of esters is 1. The molecule has 1 heterocycles. The van der Waals surface area contributed by atoms with Crippen molar-refractivity contribution in [2.24, 2.45) is 0 Å². The van der Waals surface area contributed by atoms with Gasteiger partial charge in [0.25, 0.3) is 5.91 Å². The van der Waals surface area contributed by atoms with Crippen molar-refractivity contribution >= 4 is 33.5 Å². The van der Waals surface area contributed by atoms with Gasteiger partial charge >= 0.3 is 5.97 Å². The van der Waals surface area contributed by atoms with Gasteiger partial charge in [0, 0.05) is 19.6 Å². The van der Waals surface area contributed by atoms with E-state index in [0.29, 0.717) is 18.8 Å². The average molecular weight is 481 g/mol. The number of halogens is 1. The summed E-state index contributed by atoms with van der Waals surface area (Å²) in [6, 6.07) is 11.1. The zero-order chi connectivity index (χ0) is 23.1. The number of hydrogen-bond donors (Lipinski definition) is 1. The van der Waals surface area contributed by atoms with Gasteiger partial charge < -0.3 is 14.8 Å². The van der Waals surface area contributed by atoms with Gasteiger partial charge in [-0.1, -0.05) is 30.2 Å². The van der Waals surface area contributed by atoms with Gasteiger partial charge in [0.05, 0.1) is 17.7 Å². The van der Waals surface area contributed by atoms with Crippen molar-refractivity contribution in [3.63, 3.8) is 0 Å². The van der Waals surface area contributed by atoms with Crippen LogP contribution in [0.2, 0.25) is 5.02 Å². The molecule has 0 bridgehead atoms.